The Morgan fingerprint density at radius 1 is 0.818 bits per heavy atom. The highest BCUT2D eigenvalue weighted by molar-refractivity contribution is 6.04. The number of terminal acetylenes is 1. The Bertz CT molecular complexity index is 1520. The van der Waals surface area contributed by atoms with Gasteiger partial charge in [0.05, 0.1) is 0 Å². The summed E-state index contributed by atoms with van der Waals surface area (Å²) in [6.07, 6.45) is 4.53. The molecular weight excluding hydrogens is 562 g/mol. The maximum absolute atomic E-state index is 13.2. The fourth-order valence-corrected chi connectivity index (χ4v) is 5.56. The standard InChI is InChI=1S/C33H33N5O6/c1-2-22-42-27-14-10-26(11-15-27)35-17-19-36(20-18-35)33(41)44-38-31(39)30-24-34(16-21-37(30)32(38)40)23-25-8-12-29(13-9-25)43-28-6-4-3-5-7-28/h1,3-15,30H,16-24H2. The maximum Gasteiger partial charge on any atom is 0.434 e. The van der Waals surface area contributed by atoms with Crippen molar-refractivity contribution < 1.29 is 28.7 Å². The second-order valence-electron chi connectivity index (χ2n) is 10.7. The van der Waals surface area contributed by atoms with Crippen LogP contribution in [0.1, 0.15) is 5.56 Å². The molecule has 11 heteroatoms. The lowest BCUT2D eigenvalue weighted by Crippen LogP contribution is -2.52. The van der Waals surface area contributed by atoms with Crippen molar-refractivity contribution in [2.75, 3.05) is 57.3 Å². The Morgan fingerprint density at radius 3 is 2.20 bits per heavy atom. The summed E-state index contributed by atoms with van der Waals surface area (Å²) in [5.74, 6) is 4.11. The number of hydrogen-bond acceptors (Lipinski definition) is 8. The molecule has 3 fully saturated rings. The fraction of sp³-hybridized carbons (Fsp3) is 0.303. The lowest BCUT2D eigenvalue weighted by atomic mass is 10.1. The van der Waals surface area contributed by atoms with Crippen LogP contribution in [0.4, 0.5) is 15.3 Å². The van der Waals surface area contributed by atoms with E-state index in [9.17, 15) is 14.4 Å². The molecule has 4 amide bonds. The number of fused-ring (bicyclic) bond motifs is 1. The Labute approximate surface area is 256 Å². The summed E-state index contributed by atoms with van der Waals surface area (Å²) in [4.78, 5) is 51.8. The summed E-state index contributed by atoms with van der Waals surface area (Å²) >= 11 is 0. The van der Waals surface area contributed by atoms with E-state index in [2.05, 4.69) is 15.7 Å². The minimum absolute atomic E-state index is 0.208. The third kappa shape index (κ3) is 6.40. The molecule has 3 aromatic rings. The highest BCUT2D eigenvalue weighted by atomic mass is 16.7. The van der Waals surface area contributed by atoms with Crippen molar-refractivity contribution in [1.29, 1.82) is 0 Å². The Kier molecular flexibility index (Phi) is 8.52. The van der Waals surface area contributed by atoms with Gasteiger partial charge >= 0.3 is 12.1 Å². The number of benzene rings is 3. The van der Waals surface area contributed by atoms with Crippen LogP contribution in [-0.4, -0.2) is 96.3 Å². The minimum atomic E-state index is -0.709. The van der Waals surface area contributed by atoms with Gasteiger partial charge in [0, 0.05) is 58.0 Å². The van der Waals surface area contributed by atoms with E-state index in [1.54, 1.807) is 0 Å². The predicted octanol–water partition coefficient (Wildman–Crippen LogP) is 3.81. The lowest BCUT2D eigenvalue weighted by molar-refractivity contribution is -0.152. The van der Waals surface area contributed by atoms with Gasteiger partial charge in [0.2, 0.25) is 0 Å². The van der Waals surface area contributed by atoms with Crippen molar-refractivity contribution in [2.45, 2.75) is 12.6 Å². The molecule has 0 aromatic heterocycles. The quantitative estimate of drug-likeness (QED) is 0.287. The van der Waals surface area contributed by atoms with Crippen molar-refractivity contribution in [3.8, 4) is 29.6 Å². The highest BCUT2D eigenvalue weighted by Crippen LogP contribution is 2.26. The lowest BCUT2D eigenvalue weighted by Gasteiger charge is -2.35. The van der Waals surface area contributed by atoms with Gasteiger partial charge in [-0.3, -0.25) is 9.69 Å². The summed E-state index contributed by atoms with van der Waals surface area (Å²) < 4.78 is 11.3. The van der Waals surface area contributed by atoms with Gasteiger partial charge in [0.1, 0.15) is 29.9 Å². The topological polar surface area (TPSA) is 95.1 Å². The Balaban J connectivity index is 0.986. The third-order valence-electron chi connectivity index (χ3n) is 7.91. The first-order valence-corrected chi connectivity index (χ1v) is 14.6. The van der Waals surface area contributed by atoms with Crippen LogP contribution in [-0.2, 0) is 16.2 Å². The molecule has 6 rings (SSSR count). The zero-order chi connectivity index (χ0) is 30.5. The summed E-state index contributed by atoms with van der Waals surface area (Å²) in [5.41, 5.74) is 2.06. The number of hydroxylamine groups is 2. The maximum atomic E-state index is 13.2. The van der Waals surface area contributed by atoms with Crippen molar-refractivity contribution in [2.24, 2.45) is 0 Å². The van der Waals surface area contributed by atoms with Crippen LogP contribution in [0.15, 0.2) is 78.9 Å². The Hall–Kier alpha value is -5.21. The van der Waals surface area contributed by atoms with Crippen molar-refractivity contribution in [3.05, 3.63) is 84.4 Å². The number of ether oxygens (including phenoxy) is 2. The van der Waals surface area contributed by atoms with Gasteiger partial charge in [-0.1, -0.05) is 41.3 Å². The molecule has 3 aliphatic rings. The van der Waals surface area contributed by atoms with Crippen LogP contribution in [0, 0.1) is 12.3 Å². The molecule has 0 N–H and O–H groups in total. The van der Waals surface area contributed by atoms with Gasteiger partial charge in [-0.25, -0.2) is 9.59 Å². The number of carbonyl (C=O) groups is 3. The molecule has 0 bridgehead atoms. The first-order chi connectivity index (χ1) is 21.5. The molecule has 44 heavy (non-hydrogen) atoms. The summed E-state index contributed by atoms with van der Waals surface area (Å²) in [6.45, 7) is 4.06. The van der Waals surface area contributed by atoms with Crippen molar-refractivity contribution in [1.82, 2.24) is 19.8 Å². The van der Waals surface area contributed by atoms with Crippen LogP contribution in [0.25, 0.3) is 0 Å². The molecule has 1 unspecified atom stereocenters. The number of carbonyl (C=O) groups excluding carboxylic acids is 3. The zero-order valence-electron chi connectivity index (χ0n) is 24.2. The van der Waals surface area contributed by atoms with E-state index in [-0.39, 0.29) is 6.61 Å². The molecule has 3 saturated heterocycles. The van der Waals surface area contributed by atoms with E-state index in [0.717, 1.165) is 22.7 Å². The number of amides is 4. The van der Waals surface area contributed by atoms with E-state index in [1.807, 2.05) is 78.9 Å². The average Bonchev–Trinajstić information content (AvgIpc) is 3.29. The van der Waals surface area contributed by atoms with Crippen LogP contribution < -0.4 is 14.4 Å². The van der Waals surface area contributed by atoms with Gasteiger partial charge in [0.15, 0.2) is 0 Å². The second-order valence-corrected chi connectivity index (χ2v) is 10.7. The monoisotopic (exact) mass is 595 g/mol. The molecule has 3 aliphatic heterocycles. The van der Waals surface area contributed by atoms with Gasteiger partial charge in [0.25, 0.3) is 5.91 Å². The molecule has 3 heterocycles. The van der Waals surface area contributed by atoms with Gasteiger partial charge in [-0.05, 0) is 54.1 Å². The van der Waals surface area contributed by atoms with E-state index >= 15 is 0 Å². The third-order valence-corrected chi connectivity index (χ3v) is 7.91. The average molecular weight is 596 g/mol. The predicted molar refractivity (Wildman–Crippen MR) is 162 cm³/mol. The van der Waals surface area contributed by atoms with E-state index in [0.29, 0.717) is 63.2 Å². The van der Waals surface area contributed by atoms with Crippen LogP contribution in [0.3, 0.4) is 0 Å². The van der Waals surface area contributed by atoms with Gasteiger partial charge in [-0.15, -0.1) is 6.42 Å². The van der Waals surface area contributed by atoms with E-state index in [4.69, 9.17) is 20.7 Å². The first kappa shape index (κ1) is 28.9. The number of imide groups is 1. The molecule has 1 atom stereocenters. The Morgan fingerprint density at radius 2 is 1.50 bits per heavy atom. The summed E-state index contributed by atoms with van der Waals surface area (Å²) in [7, 11) is 0. The molecule has 0 radical (unpaired) electrons. The number of nitrogens with zero attached hydrogens (tertiary/aromatic N) is 5. The number of anilines is 1. The zero-order valence-corrected chi connectivity index (χ0v) is 24.2. The largest absolute Gasteiger partial charge is 0.481 e. The van der Waals surface area contributed by atoms with Crippen LogP contribution in [0.5, 0.6) is 17.2 Å². The van der Waals surface area contributed by atoms with E-state index in [1.165, 1.54) is 9.80 Å². The van der Waals surface area contributed by atoms with Gasteiger partial charge in [-0.2, -0.15) is 0 Å². The highest BCUT2D eigenvalue weighted by Gasteiger charge is 2.50. The molecule has 226 valence electrons. The smallest absolute Gasteiger partial charge is 0.434 e. The van der Waals surface area contributed by atoms with Gasteiger partial charge < -0.3 is 29.0 Å². The minimum Gasteiger partial charge on any atom is -0.481 e. The van der Waals surface area contributed by atoms with Crippen LogP contribution >= 0.6 is 0 Å². The molecular formula is C33H33N5O6. The number of urea groups is 1. The molecule has 11 nitrogen and oxygen atoms in total. The number of para-hydroxylation sites is 1. The number of hydrogen-bond donors (Lipinski definition) is 0. The fourth-order valence-electron chi connectivity index (χ4n) is 5.56. The van der Waals surface area contributed by atoms with Crippen molar-refractivity contribution >= 4 is 23.7 Å². The molecule has 0 saturated carbocycles. The normalized spacial score (nSPS) is 18.6. The summed E-state index contributed by atoms with van der Waals surface area (Å²) in [5, 5.41) is 0.632. The first-order valence-electron chi connectivity index (χ1n) is 14.6. The molecule has 0 aliphatic carbocycles. The second kappa shape index (κ2) is 13.0. The SMILES string of the molecule is C#CCOc1ccc(N2CCN(C(=O)ON3C(=O)C4CN(Cc5ccc(Oc6ccccc6)cc5)CCN4C3=O)CC2)cc1. The molecule has 3 aromatic carbocycles. The van der Waals surface area contributed by atoms with E-state index < -0.39 is 24.1 Å². The molecule has 0 spiro atoms. The summed E-state index contributed by atoms with van der Waals surface area (Å²) in [6, 6.07) is 23.7. The van der Waals surface area contributed by atoms with Crippen molar-refractivity contribution in [3.63, 3.8) is 0 Å². The van der Waals surface area contributed by atoms with Crippen LogP contribution in [0.2, 0.25) is 0 Å². The number of rotatable bonds is 8. The number of piperazine rings is 2.